The number of benzene rings is 1. The molecule has 3 N–H and O–H groups in total. The average Bonchev–Trinajstić information content (AvgIpc) is 3.48. The monoisotopic (exact) mass is 498 g/mol. The van der Waals surface area contributed by atoms with E-state index in [4.69, 9.17) is 10.7 Å². The summed E-state index contributed by atoms with van der Waals surface area (Å²) in [5.74, 6) is -0.624. The lowest BCUT2D eigenvalue weighted by molar-refractivity contribution is -0.119. The van der Waals surface area contributed by atoms with E-state index >= 15 is 0 Å². The molecule has 1 unspecified atom stereocenters. The molecule has 0 saturated heterocycles. The average molecular weight is 498 g/mol. The number of nitrogens with two attached hydrogens (primary N) is 1. The minimum Gasteiger partial charge on any atom is -0.383 e. The number of anilines is 2. The SMILES string of the molecule is CCC1(c2ccc(F)cn2)C(=O)Nc2nc(-c3cn4ccnc4c(Cc4ccc(F)cc4)n3)nc(N)c21. The minimum atomic E-state index is -1.25. The molecular formula is C26H20F2N8O. The van der Waals surface area contributed by atoms with E-state index in [9.17, 15) is 13.6 Å². The summed E-state index contributed by atoms with van der Waals surface area (Å²) in [6, 6.07) is 8.89. The van der Waals surface area contributed by atoms with Crippen LogP contribution in [0.3, 0.4) is 0 Å². The zero-order valence-electron chi connectivity index (χ0n) is 19.6. The summed E-state index contributed by atoms with van der Waals surface area (Å²) in [7, 11) is 0. The summed E-state index contributed by atoms with van der Waals surface area (Å²) >= 11 is 0. The van der Waals surface area contributed by atoms with E-state index in [2.05, 4.69) is 25.3 Å². The molecule has 0 radical (unpaired) electrons. The van der Waals surface area contributed by atoms with Crippen molar-refractivity contribution in [1.82, 2.24) is 29.3 Å². The van der Waals surface area contributed by atoms with Gasteiger partial charge in [-0.25, -0.2) is 28.7 Å². The van der Waals surface area contributed by atoms with Gasteiger partial charge < -0.3 is 15.5 Å². The molecule has 1 aliphatic heterocycles. The van der Waals surface area contributed by atoms with E-state index in [1.165, 1.54) is 24.3 Å². The number of amides is 1. The van der Waals surface area contributed by atoms with E-state index in [1.807, 2.05) is 6.92 Å². The van der Waals surface area contributed by atoms with Crippen LogP contribution in [-0.2, 0) is 16.6 Å². The Morgan fingerprint density at radius 1 is 1.03 bits per heavy atom. The van der Waals surface area contributed by atoms with Gasteiger partial charge in [0.25, 0.3) is 0 Å². The number of aromatic nitrogens is 6. The Labute approximate surface area is 209 Å². The topological polar surface area (TPSA) is 124 Å². The van der Waals surface area contributed by atoms with Crippen molar-refractivity contribution >= 4 is 23.2 Å². The molecule has 0 aliphatic carbocycles. The van der Waals surface area contributed by atoms with Crippen LogP contribution in [0.2, 0.25) is 0 Å². The van der Waals surface area contributed by atoms with Gasteiger partial charge in [-0.3, -0.25) is 9.78 Å². The normalized spacial score (nSPS) is 16.7. The van der Waals surface area contributed by atoms with Gasteiger partial charge in [0.2, 0.25) is 5.91 Å². The van der Waals surface area contributed by atoms with Crippen molar-refractivity contribution in [3.63, 3.8) is 0 Å². The van der Waals surface area contributed by atoms with E-state index in [0.717, 1.165) is 11.8 Å². The Hall–Kier alpha value is -4.80. The van der Waals surface area contributed by atoms with Crippen molar-refractivity contribution in [2.24, 2.45) is 0 Å². The van der Waals surface area contributed by atoms with Crippen LogP contribution in [0.15, 0.2) is 61.2 Å². The maximum atomic E-state index is 13.5. The number of pyridine rings is 1. The standard InChI is InChI=1S/C26H20F2N8O/c1-2-26(19-8-7-16(28)12-31-19)20-21(29)33-22(34-23(20)35-25(26)37)18-13-36-10-9-30-24(36)17(32-18)11-14-3-5-15(27)6-4-14/h3-10,12-13H,2,11H2,1H3,(H3,29,33,34,35,37). The molecule has 0 saturated carbocycles. The van der Waals surface area contributed by atoms with E-state index in [1.54, 1.807) is 35.1 Å². The molecule has 0 spiro atoms. The molecule has 1 atom stereocenters. The lowest BCUT2D eigenvalue weighted by Crippen LogP contribution is -2.36. The Balaban J connectivity index is 1.47. The third-order valence-corrected chi connectivity index (χ3v) is 6.64. The summed E-state index contributed by atoms with van der Waals surface area (Å²) in [6.07, 6.45) is 6.94. The highest BCUT2D eigenvalue weighted by molar-refractivity contribution is 6.09. The van der Waals surface area contributed by atoms with Crippen LogP contribution in [0.1, 0.15) is 35.9 Å². The van der Waals surface area contributed by atoms with Gasteiger partial charge in [0.15, 0.2) is 11.5 Å². The van der Waals surface area contributed by atoms with Crippen LogP contribution < -0.4 is 11.1 Å². The number of nitrogen functional groups attached to an aromatic ring is 1. The number of fused-ring (bicyclic) bond motifs is 2. The van der Waals surface area contributed by atoms with Crippen molar-refractivity contribution < 1.29 is 13.6 Å². The van der Waals surface area contributed by atoms with Gasteiger partial charge in [-0.05, 0) is 36.2 Å². The number of rotatable bonds is 5. The number of carbonyl (C=O) groups excluding carboxylic acids is 1. The van der Waals surface area contributed by atoms with Crippen LogP contribution in [0.25, 0.3) is 17.2 Å². The van der Waals surface area contributed by atoms with Crippen molar-refractivity contribution in [2.75, 3.05) is 11.1 Å². The van der Waals surface area contributed by atoms with E-state index in [-0.39, 0.29) is 29.2 Å². The summed E-state index contributed by atoms with van der Waals surface area (Å²) < 4.78 is 28.7. The number of halogens is 2. The predicted octanol–water partition coefficient (Wildman–Crippen LogP) is 3.68. The molecule has 11 heteroatoms. The van der Waals surface area contributed by atoms with Crippen LogP contribution in [0.4, 0.5) is 20.4 Å². The van der Waals surface area contributed by atoms with Crippen LogP contribution in [-0.4, -0.2) is 35.2 Å². The molecule has 0 fully saturated rings. The lowest BCUT2D eigenvalue weighted by atomic mass is 9.76. The van der Waals surface area contributed by atoms with Crippen LogP contribution >= 0.6 is 0 Å². The number of hydrogen-bond donors (Lipinski definition) is 2. The summed E-state index contributed by atoms with van der Waals surface area (Å²) in [6.45, 7) is 1.82. The molecule has 6 rings (SSSR count). The highest BCUT2D eigenvalue weighted by atomic mass is 19.1. The molecule has 9 nitrogen and oxygen atoms in total. The van der Waals surface area contributed by atoms with Gasteiger partial charge in [0.1, 0.15) is 34.4 Å². The molecule has 1 amide bonds. The largest absolute Gasteiger partial charge is 0.383 e. The molecular weight excluding hydrogens is 478 g/mol. The first-order chi connectivity index (χ1) is 17.9. The first-order valence-electron chi connectivity index (χ1n) is 11.6. The second kappa shape index (κ2) is 8.40. The highest BCUT2D eigenvalue weighted by Crippen LogP contribution is 2.46. The quantitative estimate of drug-likeness (QED) is 0.379. The first kappa shape index (κ1) is 22.7. The Kier molecular flexibility index (Phi) is 5.14. The number of imidazole rings is 1. The van der Waals surface area contributed by atoms with Gasteiger partial charge in [0.05, 0.1) is 23.1 Å². The Morgan fingerprint density at radius 2 is 1.81 bits per heavy atom. The maximum Gasteiger partial charge on any atom is 0.242 e. The molecule has 5 aromatic rings. The molecule has 184 valence electrons. The van der Waals surface area contributed by atoms with Gasteiger partial charge in [-0.1, -0.05) is 19.1 Å². The second-order valence-electron chi connectivity index (χ2n) is 8.76. The fraction of sp³-hybridized carbons (Fsp3) is 0.154. The molecule has 4 aromatic heterocycles. The fourth-order valence-corrected chi connectivity index (χ4v) is 4.84. The third kappa shape index (κ3) is 3.58. The van der Waals surface area contributed by atoms with Gasteiger partial charge in [-0.15, -0.1) is 0 Å². The van der Waals surface area contributed by atoms with Gasteiger partial charge >= 0.3 is 0 Å². The summed E-state index contributed by atoms with van der Waals surface area (Å²) in [5, 5.41) is 2.81. The Morgan fingerprint density at radius 3 is 2.54 bits per heavy atom. The fourth-order valence-electron chi connectivity index (χ4n) is 4.84. The van der Waals surface area contributed by atoms with Crippen molar-refractivity contribution in [1.29, 1.82) is 0 Å². The summed E-state index contributed by atoms with van der Waals surface area (Å²) in [5.41, 5.74) is 8.50. The molecule has 5 heterocycles. The highest BCUT2D eigenvalue weighted by Gasteiger charge is 2.51. The maximum absolute atomic E-state index is 13.5. The third-order valence-electron chi connectivity index (χ3n) is 6.64. The Bertz CT molecular complexity index is 1670. The number of nitrogens with zero attached hydrogens (tertiary/aromatic N) is 6. The molecule has 1 aromatic carbocycles. The van der Waals surface area contributed by atoms with E-state index < -0.39 is 11.2 Å². The predicted molar refractivity (Wildman–Crippen MR) is 132 cm³/mol. The van der Waals surface area contributed by atoms with Crippen LogP contribution in [0.5, 0.6) is 0 Å². The smallest absolute Gasteiger partial charge is 0.242 e. The van der Waals surface area contributed by atoms with E-state index in [0.29, 0.717) is 41.1 Å². The van der Waals surface area contributed by atoms with Gasteiger partial charge in [-0.2, -0.15) is 0 Å². The molecule has 1 aliphatic rings. The first-order valence-corrected chi connectivity index (χ1v) is 11.6. The molecule has 0 bridgehead atoms. The lowest BCUT2D eigenvalue weighted by Gasteiger charge is -2.25. The van der Waals surface area contributed by atoms with Crippen molar-refractivity contribution in [2.45, 2.75) is 25.2 Å². The summed E-state index contributed by atoms with van der Waals surface area (Å²) in [4.78, 5) is 35.7. The van der Waals surface area contributed by atoms with Crippen molar-refractivity contribution in [3.05, 3.63) is 95.3 Å². The second-order valence-corrected chi connectivity index (χ2v) is 8.76. The number of carbonyl (C=O) groups is 1. The number of nitrogens with one attached hydrogen (secondary N) is 1. The minimum absolute atomic E-state index is 0.0962. The zero-order chi connectivity index (χ0) is 25.7. The number of hydrogen-bond acceptors (Lipinski definition) is 7. The molecule has 37 heavy (non-hydrogen) atoms. The zero-order valence-corrected chi connectivity index (χ0v) is 19.6. The van der Waals surface area contributed by atoms with Gasteiger partial charge in [0, 0.05) is 25.0 Å². The van der Waals surface area contributed by atoms with Crippen molar-refractivity contribution in [3.8, 4) is 11.5 Å². The van der Waals surface area contributed by atoms with Crippen LogP contribution in [0, 0.1) is 11.6 Å².